The number of hydrogen-bond acceptors (Lipinski definition) is 3. The number of rotatable bonds is 7. The number of halogens is 2. The molecule has 0 saturated carbocycles. The van der Waals surface area contributed by atoms with Crippen LogP contribution in [0.15, 0.2) is 18.2 Å². The van der Waals surface area contributed by atoms with Crippen LogP contribution in [-0.2, 0) is 9.47 Å². The van der Waals surface area contributed by atoms with Crippen molar-refractivity contribution in [2.24, 2.45) is 0 Å². The van der Waals surface area contributed by atoms with Gasteiger partial charge in [0, 0.05) is 25.0 Å². The quantitative estimate of drug-likeness (QED) is 0.749. The molecular formula is C12H17F2NO2. The lowest BCUT2D eigenvalue weighted by atomic mass is 10.3. The first-order valence-electron chi connectivity index (χ1n) is 5.59. The van der Waals surface area contributed by atoms with Crippen molar-refractivity contribution in [3.63, 3.8) is 0 Å². The van der Waals surface area contributed by atoms with Gasteiger partial charge in [-0.1, -0.05) is 0 Å². The van der Waals surface area contributed by atoms with Gasteiger partial charge in [-0.3, -0.25) is 0 Å². The minimum Gasteiger partial charge on any atom is -0.380 e. The average molecular weight is 245 g/mol. The van der Waals surface area contributed by atoms with E-state index in [-0.39, 0.29) is 0 Å². The van der Waals surface area contributed by atoms with Gasteiger partial charge in [-0.05, 0) is 26.0 Å². The van der Waals surface area contributed by atoms with E-state index < -0.39 is 17.9 Å². The lowest BCUT2D eigenvalue weighted by Crippen LogP contribution is -2.26. The predicted molar refractivity (Wildman–Crippen MR) is 61.9 cm³/mol. The summed E-state index contributed by atoms with van der Waals surface area (Å²) in [6.07, 6.45) is -0.391. The third-order valence-corrected chi connectivity index (χ3v) is 2.10. The molecule has 0 atom stereocenters. The van der Waals surface area contributed by atoms with Crippen molar-refractivity contribution in [2.75, 3.05) is 25.1 Å². The van der Waals surface area contributed by atoms with E-state index in [0.717, 1.165) is 12.1 Å². The summed E-state index contributed by atoms with van der Waals surface area (Å²) >= 11 is 0. The molecule has 96 valence electrons. The first-order chi connectivity index (χ1) is 8.17. The molecular weight excluding hydrogens is 228 g/mol. The molecule has 0 radical (unpaired) electrons. The van der Waals surface area contributed by atoms with Crippen molar-refractivity contribution in [1.82, 2.24) is 0 Å². The van der Waals surface area contributed by atoms with Crippen LogP contribution in [0, 0.1) is 11.6 Å². The third kappa shape index (κ3) is 4.66. The molecule has 3 nitrogen and oxygen atoms in total. The van der Waals surface area contributed by atoms with Crippen LogP contribution in [0.1, 0.15) is 13.8 Å². The molecule has 0 bridgehead atoms. The zero-order valence-electron chi connectivity index (χ0n) is 10.0. The second kappa shape index (κ2) is 7.19. The van der Waals surface area contributed by atoms with E-state index in [1.165, 1.54) is 6.07 Å². The van der Waals surface area contributed by atoms with Crippen molar-refractivity contribution in [1.29, 1.82) is 0 Å². The Balaban J connectivity index is 2.49. The van der Waals surface area contributed by atoms with Crippen LogP contribution < -0.4 is 5.32 Å². The molecule has 0 aromatic heterocycles. The van der Waals surface area contributed by atoms with Gasteiger partial charge < -0.3 is 14.8 Å². The highest BCUT2D eigenvalue weighted by Crippen LogP contribution is 2.13. The maximum Gasteiger partial charge on any atom is 0.174 e. The molecule has 0 spiro atoms. The summed E-state index contributed by atoms with van der Waals surface area (Å²) in [5, 5.41) is 2.93. The molecule has 0 heterocycles. The van der Waals surface area contributed by atoms with Crippen LogP contribution in [0.4, 0.5) is 14.5 Å². The van der Waals surface area contributed by atoms with Crippen LogP contribution >= 0.6 is 0 Å². The Bertz CT molecular complexity index is 341. The molecule has 0 aliphatic heterocycles. The summed E-state index contributed by atoms with van der Waals surface area (Å²) in [5.74, 6) is -1.74. The Morgan fingerprint density at radius 2 is 1.76 bits per heavy atom. The third-order valence-electron chi connectivity index (χ3n) is 2.10. The highest BCUT2D eigenvalue weighted by atomic mass is 19.2. The van der Waals surface area contributed by atoms with Crippen molar-refractivity contribution in [2.45, 2.75) is 20.1 Å². The van der Waals surface area contributed by atoms with Crippen molar-refractivity contribution < 1.29 is 18.3 Å². The minimum atomic E-state index is -0.876. The zero-order chi connectivity index (χ0) is 12.7. The van der Waals surface area contributed by atoms with E-state index in [9.17, 15) is 8.78 Å². The zero-order valence-corrected chi connectivity index (χ0v) is 10.0. The first kappa shape index (κ1) is 13.9. The second-order valence-corrected chi connectivity index (χ2v) is 3.35. The normalized spacial score (nSPS) is 10.9. The van der Waals surface area contributed by atoms with E-state index in [0.29, 0.717) is 25.4 Å². The highest BCUT2D eigenvalue weighted by molar-refractivity contribution is 5.43. The van der Waals surface area contributed by atoms with Gasteiger partial charge in [0.1, 0.15) is 0 Å². The maximum atomic E-state index is 12.9. The number of anilines is 1. The Labute approximate surface area is 99.7 Å². The Hall–Kier alpha value is -1.20. The SMILES string of the molecule is CCOC(CNc1ccc(F)c(F)c1)OCC. The van der Waals surface area contributed by atoms with E-state index >= 15 is 0 Å². The molecule has 17 heavy (non-hydrogen) atoms. The fourth-order valence-electron chi connectivity index (χ4n) is 1.35. The summed E-state index contributed by atoms with van der Waals surface area (Å²) in [6.45, 7) is 5.17. The summed E-state index contributed by atoms with van der Waals surface area (Å²) in [4.78, 5) is 0. The lowest BCUT2D eigenvalue weighted by Gasteiger charge is -2.18. The second-order valence-electron chi connectivity index (χ2n) is 3.35. The van der Waals surface area contributed by atoms with Gasteiger partial charge in [0.05, 0.1) is 6.54 Å². The predicted octanol–water partition coefficient (Wildman–Crippen LogP) is 2.78. The van der Waals surface area contributed by atoms with Gasteiger partial charge in [0.25, 0.3) is 0 Å². The van der Waals surface area contributed by atoms with E-state index in [4.69, 9.17) is 9.47 Å². The molecule has 1 N–H and O–H groups in total. The van der Waals surface area contributed by atoms with Gasteiger partial charge in [-0.25, -0.2) is 8.78 Å². The average Bonchev–Trinajstić information content (AvgIpc) is 2.31. The van der Waals surface area contributed by atoms with Gasteiger partial charge in [0.2, 0.25) is 0 Å². The number of ether oxygens (including phenoxy) is 2. The summed E-state index contributed by atoms with van der Waals surface area (Å²) < 4.78 is 36.2. The van der Waals surface area contributed by atoms with E-state index in [2.05, 4.69) is 5.32 Å². The topological polar surface area (TPSA) is 30.5 Å². The van der Waals surface area contributed by atoms with Gasteiger partial charge in [-0.2, -0.15) is 0 Å². The summed E-state index contributed by atoms with van der Waals surface area (Å²) in [5.41, 5.74) is 0.494. The fraction of sp³-hybridized carbons (Fsp3) is 0.500. The number of hydrogen-bond donors (Lipinski definition) is 1. The molecule has 1 rings (SSSR count). The maximum absolute atomic E-state index is 12.9. The van der Waals surface area contributed by atoms with E-state index in [1.54, 1.807) is 0 Å². The molecule has 0 amide bonds. The Morgan fingerprint density at radius 3 is 2.29 bits per heavy atom. The summed E-state index contributed by atoms with van der Waals surface area (Å²) in [6, 6.07) is 3.64. The fourth-order valence-corrected chi connectivity index (χ4v) is 1.35. The molecule has 1 aromatic carbocycles. The smallest absolute Gasteiger partial charge is 0.174 e. The van der Waals surface area contributed by atoms with Crippen molar-refractivity contribution in [3.05, 3.63) is 29.8 Å². The monoisotopic (exact) mass is 245 g/mol. The van der Waals surface area contributed by atoms with Crippen molar-refractivity contribution in [3.8, 4) is 0 Å². The van der Waals surface area contributed by atoms with Crippen LogP contribution in [-0.4, -0.2) is 26.0 Å². The van der Waals surface area contributed by atoms with E-state index in [1.807, 2.05) is 13.8 Å². The van der Waals surface area contributed by atoms with Crippen LogP contribution in [0.2, 0.25) is 0 Å². The van der Waals surface area contributed by atoms with Crippen LogP contribution in [0.25, 0.3) is 0 Å². The molecule has 0 aliphatic rings. The number of nitrogens with one attached hydrogen (secondary N) is 1. The molecule has 0 unspecified atom stereocenters. The van der Waals surface area contributed by atoms with Crippen molar-refractivity contribution >= 4 is 5.69 Å². The van der Waals surface area contributed by atoms with Crippen LogP contribution in [0.3, 0.4) is 0 Å². The largest absolute Gasteiger partial charge is 0.380 e. The Kier molecular flexibility index (Phi) is 5.86. The highest BCUT2D eigenvalue weighted by Gasteiger charge is 2.08. The van der Waals surface area contributed by atoms with Gasteiger partial charge in [-0.15, -0.1) is 0 Å². The number of benzene rings is 1. The van der Waals surface area contributed by atoms with Gasteiger partial charge in [0.15, 0.2) is 17.9 Å². The molecule has 0 fully saturated rings. The van der Waals surface area contributed by atoms with Gasteiger partial charge >= 0.3 is 0 Å². The lowest BCUT2D eigenvalue weighted by molar-refractivity contribution is -0.126. The molecule has 0 aliphatic carbocycles. The molecule has 1 aromatic rings. The molecule has 5 heteroatoms. The minimum absolute atomic E-state index is 0.382. The first-order valence-corrected chi connectivity index (χ1v) is 5.59. The molecule has 0 saturated heterocycles. The standard InChI is InChI=1S/C12H17F2NO2/c1-3-16-12(17-4-2)8-15-9-5-6-10(13)11(14)7-9/h5-7,12,15H,3-4,8H2,1-2H3. The summed E-state index contributed by atoms with van der Waals surface area (Å²) in [7, 11) is 0. The van der Waals surface area contributed by atoms with Crippen LogP contribution in [0.5, 0.6) is 0 Å². The Morgan fingerprint density at radius 1 is 1.12 bits per heavy atom.